The van der Waals surface area contributed by atoms with Crippen molar-refractivity contribution in [2.24, 2.45) is 5.92 Å². The van der Waals surface area contributed by atoms with E-state index in [4.69, 9.17) is 0 Å². The van der Waals surface area contributed by atoms with Crippen molar-refractivity contribution < 1.29 is 0 Å². The maximum atomic E-state index is 4.33. The van der Waals surface area contributed by atoms with E-state index < -0.39 is 0 Å². The highest BCUT2D eigenvalue weighted by Crippen LogP contribution is 2.21. The van der Waals surface area contributed by atoms with Crippen LogP contribution in [-0.4, -0.2) is 35.6 Å². The van der Waals surface area contributed by atoms with Crippen molar-refractivity contribution in [3.63, 3.8) is 0 Å². The van der Waals surface area contributed by atoms with Crippen molar-refractivity contribution in [2.45, 2.75) is 39.8 Å². The maximum absolute atomic E-state index is 4.33. The number of hydrogen-bond donors (Lipinski definition) is 1. The molecule has 0 bridgehead atoms. The second kappa shape index (κ2) is 5.94. The normalized spacial score (nSPS) is 26.3. The van der Waals surface area contributed by atoms with Crippen LogP contribution in [0, 0.1) is 12.8 Å². The van der Waals surface area contributed by atoms with Gasteiger partial charge < -0.3 is 5.32 Å². The van der Waals surface area contributed by atoms with E-state index in [2.05, 4.69) is 36.0 Å². The molecule has 2 rings (SSSR count). The van der Waals surface area contributed by atoms with Crippen LogP contribution in [0.1, 0.15) is 30.8 Å². The molecule has 3 nitrogen and oxygen atoms in total. The third-order valence-electron chi connectivity index (χ3n) is 3.67. The molecule has 0 aromatic carbocycles. The zero-order valence-corrected chi connectivity index (χ0v) is 11.9. The van der Waals surface area contributed by atoms with Gasteiger partial charge in [-0.3, -0.25) is 4.90 Å². The minimum Gasteiger partial charge on any atom is -0.314 e. The Bertz CT molecular complexity index is 350. The van der Waals surface area contributed by atoms with Crippen LogP contribution < -0.4 is 5.32 Å². The molecule has 17 heavy (non-hydrogen) atoms. The Hall–Kier alpha value is -0.450. The quantitative estimate of drug-likeness (QED) is 0.892. The first-order valence-corrected chi connectivity index (χ1v) is 7.43. The molecule has 0 radical (unpaired) electrons. The van der Waals surface area contributed by atoms with Gasteiger partial charge in [-0.15, -0.1) is 11.3 Å². The van der Waals surface area contributed by atoms with E-state index in [1.54, 1.807) is 11.3 Å². The molecule has 0 saturated carbocycles. The standard InChI is InChI=1S/C13H23N3S/c1-4-14-12-5-6-16(7-10(12)2)8-13-11(3)15-9-17-13/h9-10,12,14H,4-8H2,1-3H3. The van der Waals surface area contributed by atoms with Crippen LogP contribution in [0.2, 0.25) is 0 Å². The number of likely N-dealkylation sites (tertiary alicyclic amines) is 1. The van der Waals surface area contributed by atoms with Gasteiger partial charge in [-0.2, -0.15) is 0 Å². The summed E-state index contributed by atoms with van der Waals surface area (Å²) in [5.41, 5.74) is 3.16. The summed E-state index contributed by atoms with van der Waals surface area (Å²) >= 11 is 1.79. The Labute approximate surface area is 108 Å². The molecule has 2 heterocycles. The Morgan fingerprint density at radius 3 is 3.00 bits per heavy atom. The highest BCUT2D eigenvalue weighted by molar-refractivity contribution is 7.09. The SMILES string of the molecule is CCNC1CCN(Cc2scnc2C)CC1C. The smallest absolute Gasteiger partial charge is 0.0798 e. The molecule has 1 aliphatic heterocycles. The number of hydrogen-bond acceptors (Lipinski definition) is 4. The lowest BCUT2D eigenvalue weighted by Crippen LogP contribution is -2.47. The summed E-state index contributed by atoms with van der Waals surface area (Å²) in [5, 5.41) is 3.59. The van der Waals surface area contributed by atoms with Crippen molar-refractivity contribution in [1.29, 1.82) is 0 Å². The lowest BCUT2D eigenvalue weighted by Gasteiger charge is -2.37. The molecule has 1 fully saturated rings. The van der Waals surface area contributed by atoms with Crippen molar-refractivity contribution in [1.82, 2.24) is 15.2 Å². The third kappa shape index (κ3) is 3.27. The molecule has 2 atom stereocenters. The monoisotopic (exact) mass is 253 g/mol. The fourth-order valence-corrected chi connectivity index (χ4v) is 3.44. The average Bonchev–Trinajstić information content (AvgIpc) is 2.69. The highest BCUT2D eigenvalue weighted by atomic mass is 32.1. The van der Waals surface area contributed by atoms with E-state index in [1.807, 2.05) is 5.51 Å². The summed E-state index contributed by atoms with van der Waals surface area (Å²) in [7, 11) is 0. The number of thiazole rings is 1. The molecule has 96 valence electrons. The molecule has 1 aromatic heterocycles. The van der Waals surface area contributed by atoms with Gasteiger partial charge in [-0.1, -0.05) is 13.8 Å². The van der Waals surface area contributed by atoms with Crippen LogP contribution >= 0.6 is 11.3 Å². The lowest BCUT2D eigenvalue weighted by molar-refractivity contribution is 0.143. The molecule has 1 aliphatic rings. The number of piperidine rings is 1. The van der Waals surface area contributed by atoms with Crippen LogP contribution in [-0.2, 0) is 6.54 Å². The molecular weight excluding hydrogens is 230 g/mol. The molecular formula is C13H23N3S. The van der Waals surface area contributed by atoms with Crippen LogP contribution in [0.4, 0.5) is 0 Å². The summed E-state index contributed by atoms with van der Waals surface area (Å²) in [6.45, 7) is 11.2. The van der Waals surface area contributed by atoms with E-state index in [-0.39, 0.29) is 0 Å². The summed E-state index contributed by atoms with van der Waals surface area (Å²) in [4.78, 5) is 8.32. The van der Waals surface area contributed by atoms with Gasteiger partial charge >= 0.3 is 0 Å². The van der Waals surface area contributed by atoms with Gasteiger partial charge in [0.05, 0.1) is 11.2 Å². The van der Waals surface area contributed by atoms with Crippen molar-refractivity contribution in [2.75, 3.05) is 19.6 Å². The number of nitrogens with one attached hydrogen (secondary N) is 1. The zero-order valence-electron chi connectivity index (χ0n) is 11.1. The van der Waals surface area contributed by atoms with E-state index in [9.17, 15) is 0 Å². The molecule has 2 unspecified atom stereocenters. The first-order valence-electron chi connectivity index (χ1n) is 6.55. The zero-order chi connectivity index (χ0) is 12.3. The van der Waals surface area contributed by atoms with Crippen molar-refractivity contribution in [3.05, 3.63) is 16.1 Å². The van der Waals surface area contributed by atoms with Gasteiger partial charge in [0.1, 0.15) is 0 Å². The van der Waals surface area contributed by atoms with Gasteiger partial charge in [0.15, 0.2) is 0 Å². The Morgan fingerprint density at radius 1 is 1.59 bits per heavy atom. The molecule has 0 aliphatic carbocycles. The van der Waals surface area contributed by atoms with Gasteiger partial charge in [0.2, 0.25) is 0 Å². The summed E-state index contributed by atoms with van der Waals surface area (Å²) in [6, 6.07) is 0.707. The minimum absolute atomic E-state index is 0.707. The predicted octanol–water partition coefficient (Wildman–Crippen LogP) is 2.27. The van der Waals surface area contributed by atoms with E-state index in [1.165, 1.54) is 30.1 Å². The topological polar surface area (TPSA) is 28.2 Å². The Balaban J connectivity index is 1.87. The highest BCUT2D eigenvalue weighted by Gasteiger charge is 2.25. The molecule has 1 N–H and O–H groups in total. The third-order valence-corrected chi connectivity index (χ3v) is 4.59. The van der Waals surface area contributed by atoms with Crippen LogP contribution in [0.5, 0.6) is 0 Å². The average molecular weight is 253 g/mol. The Morgan fingerprint density at radius 2 is 2.41 bits per heavy atom. The largest absolute Gasteiger partial charge is 0.314 e. The Kier molecular flexibility index (Phi) is 4.54. The second-order valence-corrected chi connectivity index (χ2v) is 5.97. The number of aryl methyl sites for hydroxylation is 1. The fraction of sp³-hybridized carbons (Fsp3) is 0.769. The van der Waals surface area contributed by atoms with Crippen molar-refractivity contribution >= 4 is 11.3 Å². The summed E-state index contributed by atoms with van der Waals surface area (Å²) in [5.74, 6) is 0.747. The summed E-state index contributed by atoms with van der Waals surface area (Å²) < 4.78 is 0. The van der Waals surface area contributed by atoms with E-state index in [0.717, 1.165) is 19.0 Å². The predicted molar refractivity (Wildman–Crippen MR) is 73.4 cm³/mol. The minimum atomic E-state index is 0.707. The lowest BCUT2D eigenvalue weighted by atomic mass is 9.94. The molecule has 1 aromatic rings. The number of aromatic nitrogens is 1. The van der Waals surface area contributed by atoms with Crippen LogP contribution in [0.3, 0.4) is 0 Å². The number of rotatable bonds is 4. The van der Waals surface area contributed by atoms with E-state index >= 15 is 0 Å². The molecule has 0 amide bonds. The van der Waals surface area contributed by atoms with Crippen LogP contribution in [0.25, 0.3) is 0 Å². The molecule has 0 spiro atoms. The van der Waals surface area contributed by atoms with Gasteiger partial charge in [0, 0.05) is 30.6 Å². The maximum Gasteiger partial charge on any atom is 0.0798 e. The number of nitrogens with zero attached hydrogens (tertiary/aromatic N) is 2. The van der Waals surface area contributed by atoms with E-state index in [0.29, 0.717) is 6.04 Å². The fourth-order valence-electron chi connectivity index (χ4n) is 2.62. The second-order valence-electron chi connectivity index (χ2n) is 5.03. The van der Waals surface area contributed by atoms with Gasteiger partial charge in [-0.25, -0.2) is 4.98 Å². The van der Waals surface area contributed by atoms with Gasteiger partial charge in [-0.05, 0) is 25.8 Å². The first-order chi connectivity index (χ1) is 8.20. The van der Waals surface area contributed by atoms with Crippen LogP contribution in [0.15, 0.2) is 5.51 Å². The first kappa shape index (κ1) is 13.0. The molecule has 4 heteroatoms. The van der Waals surface area contributed by atoms with Crippen molar-refractivity contribution in [3.8, 4) is 0 Å². The molecule has 1 saturated heterocycles. The summed E-state index contributed by atoms with van der Waals surface area (Å²) in [6.07, 6.45) is 1.27. The van der Waals surface area contributed by atoms with Gasteiger partial charge in [0.25, 0.3) is 0 Å².